The van der Waals surface area contributed by atoms with E-state index in [1.807, 2.05) is 0 Å². The Morgan fingerprint density at radius 1 is 1.15 bits per heavy atom. The first-order chi connectivity index (χ1) is 12.3. The van der Waals surface area contributed by atoms with Gasteiger partial charge in [-0.1, -0.05) is 48.0 Å². The maximum Gasteiger partial charge on any atom is 0.431 e. The first-order valence-electron chi connectivity index (χ1n) is 7.88. The third-order valence-electron chi connectivity index (χ3n) is 4.69. The minimum absolute atomic E-state index is 0.440. The van der Waals surface area contributed by atoms with Crippen LogP contribution in [0.2, 0.25) is 5.02 Å². The molecule has 1 amide bonds. The van der Waals surface area contributed by atoms with Gasteiger partial charge in [0.15, 0.2) is 5.54 Å². The number of nitrogens with one attached hydrogen (secondary N) is 1. The second-order valence-corrected chi connectivity index (χ2v) is 6.72. The average Bonchev–Trinajstić information content (AvgIpc) is 3.08. The summed E-state index contributed by atoms with van der Waals surface area (Å²) in [5.41, 5.74) is 1.32. The molecule has 0 aromatic heterocycles. The molecule has 2 aliphatic rings. The molecule has 4 nitrogen and oxygen atoms in total. The lowest BCUT2D eigenvalue weighted by atomic mass is 9.72. The van der Waals surface area contributed by atoms with Crippen LogP contribution < -0.4 is 10.3 Å². The molecule has 0 bridgehead atoms. The standard InChI is InChI=1S/C18H13ClF3N3O/c19-12-7-4-8-13(9-12)25-15(11-5-2-1-3-6-11)17(16(25)26)10-14(23-24-17)18(20,21)22/h1-9,15,24H,10H2. The van der Waals surface area contributed by atoms with Crippen LogP contribution in [-0.4, -0.2) is 23.3 Å². The molecule has 1 fully saturated rings. The van der Waals surface area contributed by atoms with Gasteiger partial charge in [0, 0.05) is 17.1 Å². The quantitative estimate of drug-likeness (QED) is 0.799. The van der Waals surface area contributed by atoms with Gasteiger partial charge < -0.3 is 0 Å². The first kappa shape index (κ1) is 16.9. The van der Waals surface area contributed by atoms with Crippen molar-refractivity contribution >= 4 is 28.9 Å². The molecule has 8 heteroatoms. The second-order valence-electron chi connectivity index (χ2n) is 6.28. The van der Waals surface area contributed by atoms with Gasteiger partial charge >= 0.3 is 6.18 Å². The van der Waals surface area contributed by atoms with Crippen LogP contribution in [0.15, 0.2) is 59.7 Å². The van der Waals surface area contributed by atoms with Gasteiger partial charge in [-0.2, -0.15) is 18.3 Å². The highest BCUT2D eigenvalue weighted by Crippen LogP contribution is 2.51. The van der Waals surface area contributed by atoms with Crippen molar-refractivity contribution in [3.63, 3.8) is 0 Å². The van der Waals surface area contributed by atoms with Crippen LogP contribution in [0.4, 0.5) is 18.9 Å². The average molecular weight is 380 g/mol. The van der Waals surface area contributed by atoms with Gasteiger partial charge in [0.05, 0.1) is 6.04 Å². The molecular formula is C18H13ClF3N3O. The van der Waals surface area contributed by atoms with Crippen LogP contribution in [0.5, 0.6) is 0 Å². The highest BCUT2D eigenvalue weighted by Gasteiger charge is 2.66. The Labute approximate surface area is 152 Å². The molecule has 0 radical (unpaired) electrons. The Morgan fingerprint density at radius 2 is 1.88 bits per heavy atom. The number of nitrogens with zero attached hydrogens (tertiary/aromatic N) is 2. The monoisotopic (exact) mass is 379 g/mol. The van der Waals surface area contributed by atoms with Crippen molar-refractivity contribution < 1.29 is 18.0 Å². The maximum atomic E-state index is 13.1. The number of benzene rings is 2. The summed E-state index contributed by atoms with van der Waals surface area (Å²) >= 11 is 6.02. The van der Waals surface area contributed by atoms with Gasteiger partial charge in [-0.15, -0.1) is 0 Å². The van der Waals surface area contributed by atoms with E-state index >= 15 is 0 Å². The molecule has 1 spiro atoms. The number of alkyl halides is 3. The molecule has 1 saturated heterocycles. The molecule has 0 aliphatic carbocycles. The molecule has 0 saturated carbocycles. The minimum Gasteiger partial charge on any atom is -0.300 e. The summed E-state index contributed by atoms with van der Waals surface area (Å²) < 4.78 is 39.2. The fourth-order valence-corrected chi connectivity index (χ4v) is 3.70. The van der Waals surface area contributed by atoms with E-state index in [9.17, 15) is 18.0 Å². The molecule has 2 aromatic rings. The molecule has 2 atom stereocenters. The zero-order chi connectivity index (χ0) is 18.5. The summed E-state index contributed by atoms with van der Waals surface area (Å²) in [6, 6.07) is 15.0. The first-order valence-corrected chi connectivity index (χ1v) is 8.26. The van der Waals surface area contributed by atoms with E-state index < -0.39 is 35.8 Å². The van der Waals surface area contributed by atoms with Crippen molar-refractivity contribution in [1.82, 2.24) is 5.43 Å². The van der Waals surface area contributed by atoms with Crippen LogP contribution in [0, 0.1) is 0 Å². The molecular weight excluding hydrogens is 367 g/mol. The Balaban J connectivity index is 1.76. The SMILES string of the molecule is O=C1N(c2cccc(Cl)c2)C(c2ccccc2)C12CC(C(F)(F)F)=NN2. The van der Waals surface area contributed by atoms with Crippen LogP contribution in [-0.2, 0) is 4.79 Å². The van der Waals surface area contributed by atoms with E-state index in [0.29, 0.717) is 10.7 Å². The fourth-order valence-electron chi connectivity index (χ4n) is 3.52. The Hall–Kier alpha value is -2.54. The van der Waals surface area contributed by atoms with Crippen molar-refractivity contribution in [2.24, 2.45) is 5.10 Å². The van der Waals surface area contributed by atoms with E-state index in [4.69, 9.17) is 11.6 Å². The third kappa shape index (κ3) is 2.46. The summed E-state index contributed by atoms with van der Waals surface area (Å²) in [4.78, 5) is 14.4. The number of β-lactam (4-membered cyclic amide) rings is 1. The van der Waals surface area contributed by atoms with Gasteiger partial charge in [-0.25, -0.2) is 0 Å². The maximum absolute atomic E-state index is 13.1. The van der Waals surface area contributed by atoms with Crippen LogP contribution >= 0.6 is 11.6 Å². The molecule has 2 aromatic carbocycles. The zero-order valence-corrected chi connectivity index (χ0v) is 14.1. The van der Waals surface area contributed by atoms with Gasteiger partial charge in [0.1, 0.15) is 5.71 Å². The van der Waals surface area contributed by atoms with Crippen molar-refractivity contribution in [3.8, 4) is 0 Å². The van der Waals surface area contributed by atoms with E-state index in [1.54, 1.807) is 54.6 Å². The molecule has 4 rings (SSSR count). The van der Waals surface area contributed by atoms with Gasteiger partial charge in [0.2, 0.25) is 0 Å². The minimum atomic E-state index is -4.57. The molecule has 2 heterocycles. The summed E-state index contributed by atoms with van der Waals surface area (Å²) in [5, 5.41) is 3.86. The van der Waals surface area contributed by atoms with E-state index in [2.05, 4.69) is 10.5 Å². The number of hydrogen-bond donors (Lipinski definition) is 1. The number of anilines is 1. The number of hydrogen-bond acceptors (Lipinski definition) is 3. The van der Waals surface area contributed by atoms with Gasteiger partial charge in [-0.05, 0) is 23.8 Å². The van der Waals surface area contributed by atoms with Crippen molar-refractivity contribution in [1.29, 1.82) is 0 Å². The van der Waals surface area contributed by atoms with Crippen LogP contribution in [0.25, 0.3) is 0 Å². The van der Waals surface area contributed by atoms with Gasteiger partial charge in [0.25, 0.3) is 5.91 Å². The molecule has 26 heavy (non-hydrogen) atoms. The lowest BCUT2D eigenvalue weighted by molar-refractivity contribution is -0.134. The summed E-state index contributed by atoms with van der Waals surface area (Å²) in [5.74, 6) is -0.461. The van der Waals surface area contributed by atoms with E-state index in [1.165, 1.54) is 4.90 Å². The lowest BCUT2D eigenvalue weighted by Crippen LogP contribution is -2.73. The molecule has 134 valence electrons. The number of carbonyl (C=O) groups excluding carboxylic acids is 1. The predicted molar refractivity (Wildman–Crippen MR) is 92.1 cm³/mol. The summed E-state index contributed by atoms with van der Waals surface area (Å²) in [7, 11) is 0. The van der Waals surface area contributed by atoms with Crippen molar-refractivity contribution in [2.75, 3.05) is 4.90 Å². The topological polar surface area (TPSA) is 44.7 Å². The number of hydrazone groups is 1. The fraction of sp³-hybridized carbons (Fsp3) is 0.222. The number of rotatable bonds is 2. The Bertz CT molecular complexity index is 900. The van der Waals surface area contributed by atoms with E-state index in [-0.39, 0.29) is 0 Å². The predicted octanol–water partition coefficient (Wildman–Crippen LogP) is 4.08. The van der Waals surface area contributed by atoms with E-state index in [0.717, 1.165) is 5.56 Å². The van der Waals surface area contributed by atoms with Crippen molar-refractivity contribution in [2.45, 2.75) is 24.2 Å². The summed E-state index contributed by atoms with van der Waals surface area (Å²) in [6.07, 6.45) is -5.08. The Morgan fingerprint density at radius 3 is 2.50 bits per heavy atom. The smallest absolute Gasteiger partial charge is 0.300 e. The number of halogens is 4. The molecule has 1 N–H and O–H groups in total. The molecule has 2 unspecified atom stereocenters. The zero-order valence-electron chi connectivity index (χ0n) is 13.3. The van der Waals surface area contributed by atoms with Crippen molar-refractivity contribution in [3.05, 3.63) is 65.2 Å². The second kappa shape index (κ2) is 5.74. The largest absolute Gasteiger partial charge is 0.431 e. The van der Waals surface area contributed by atoms with Crippen LogP contribution in [0.1, 0.15) is 18.0 Å². The lowest BCUT2D eigenvalue weighted by Gasteiger charge is -2.54. The van der Waals surface area contributed by atoms with Gasteiger partial charge in [-0.3, -0.25) is 15.1 Å². The highest BCUT2D eigenvalue weighted by molar-refractivity contribution is 6.31. The number of carbonyl (C=O) groups is 1. The summed E-state index contributed by atoms with van der Waals surface area (Å²) in [6.45, 7) is 0. The number of amides is 1. The normalized spacial score (nSPS) is 25.1. The highest BCUT2D eigenvalue weighted by atomic mass is 35.5. The van der Waals surface area contributed by atoms with Crippen LogP contribution in [0.3, 0.4) is 0 Å². The molecule has 2 aliphatic heterocycles. The third-order valence-corrected chi connectivity index (χ3v) is 4.93. The Kier molecular flexibility index (Phi) is 3.73.